The van der Waals surface area contributed by atoms with Crippen LogP contribution in [-0.4, -0.2) is 45.1 Å². The van der Waals surface area contributed by atoms with Gasteiger partial charge in [-0.25, -0.2) is 5.01 Å². The highest BCUT2D eigenvalue weighted by Gasteiger charge is 2.33. The number of amides is 3. The molecule has 1 unspecified atom stereocenters. The number of methoxy groups -OCH3 is 3. The average molecular weight is 518 g/mol. The van der Waals surface area contributed by atoms with Gasteiger partial charge in [-0.1, -0.05) is 42.5 Å². The number of hydrogen-bond acceptors (Lipinski definition) is 6. The van der Waals surface area contributed by atoms with Crippen LogP contribution in [0.25, 0.3) is 11.1 Å². The zero-order valence-electron chi connectivity index (χ0n) is 22.0. The first-order valence-electron chi connectivity index (χ1n) is 12.2. The number of carbonyl (C=O) groups is 3. The highest BCUT2D eigenvalue weighted by molar-refractivity contribution is 6.06. The molecule has 1 heterocycles. The number of hydrazine groups is 1. The molecule has 9 heteroatoms. The van der Waals surface area contributed by atoms with Gasteiger partial charge in [-0.05, 0) is 48.7 Å². The minimum absolute atomic E-state index is 0.0217. The van der Waals surface area contributed by atoms with E-state index in [4.69, 9.17) is 14.2 Å². The summed E-state index contributed by atoms with van der Waals surface area (Å²) in [6.07, 6.45) is -0.0217. The van der Waals surface area contributed by atoms with E-state index in [0.29, 0.717) is 28.5 Å². The number of para-hydroxylation sites is 1. The van der Waals surface area contributed by atoms with Crippen molar-refractivity contribution in [3.05, 3.63) is 71.8 Å². The average Bonchev–Trinajstić information content (AvgIpc) is 3.01. The first-order valence-corrected chi connectivity index (χ1v) is 12.2. The van der Waals surface area contributed by atoms with Crippen molar-refractivity contribution in [2.45, 2.75) is 32.2 Å². The van der Waals surface area contributed by atoms with E-state index in [1.165, 1.54) is 26.3 Å². The van der Waals surface area contributed by atoms with Gasteiger partial charge in [0.2, 0.25) is 11.7 Å². The van der Waals surface area contributed by atoms with Gasteiger partial charge in [0.15, 0.2) is 11.5 Å². The van der Waals surface area contributed by atoms with Gasteiger partial charge in [-0.2, -0.15) is 0 Å². The molecule has 2 N–H and O–H groups in total. The standard InChI is InChI=1S/C29H31N3O6/c1-17-20-10-6-7-11-21(20)22-12-8-9-13-23(22)32(29(17)35)31-28(34)18(2)30-26(33)16-19-14-24(36-3)27(38-5)25(15-19)37-4/h6-15,17-18H,16H2,1-5H3,(H,30,33)(H,31,34)/t17?,18-/m0/s1. The van der Waals surface area contributed by atoms with Crippen LogP contribution in [0.4, 0.5) is 5.69 Å². The van der Waals surface area contributed by atoms with E-state index in [0.717, 1.165) is 16.7 Å². The minimum Gasteiger partial charge on any atom is -0.493 e. The van der Waals surface area contributed by atoms with Crippen LogP contribution in [0, 0.1) is 0 Å². The molecule has 0 spiro atoms. The van der Waals surface area contributed by atoms with E-state index < -0.39 is 17.9 Å². The molecule has 2 atom stereocenters. The first kappa shape index (κ1) is 26.5. The third kappa shape index (κ3) is 5.13. The fourth-order valence-corrected chi connectivity index (χ4v) is 4.56. The van der Waals surface area contributed by atoms with Gasteiger partial charge >= 0.3 is 0 Å². The molecule has 3 amide bonds. The number of nitrogens with zero attached hydrogens (tertiary/aromatic N) is 1. The Labute approximate surface area is 221 Å². The summed E-state index contributed by atoms with van der Waals surface area (Å²) in [4.78, 5) is 39.4. The van der Waals surface area contributed by atoms with Crippen molar-refractivity contribution in [2.24, 2.45) is 0 Å². The number of anilines is 1. The van der Waals surface area contributed by atoms with Gasteiger partial charge in [0, 0.05) is 5.56 Å². The lowest BCUT2D eigenvalue weighted by Gasteiger charge is -2.27. The summed E-state index contributed by atoms with van der Waals surface area (Å²) in [5.41, 5.74) is 6.56. The summed E-state index contributed by atoms with van der Waals surface area (Å²) >= 11 is 0. The number of fused-ring (bicyclic) bond motifs is 3. The topological polar surface area (TPSA) is 106 Å². The van der Waals surface area contributed by atoms with Crippen LogP contribution in [0.3, 0.4) is 0 Å². The molecule has 0 aromatic heterocycles. The van der Waals surface area contributed by atoms with E-state index >= 15 is 0 Å². The Balaban J connectivity index is 1.50. The monoisotopic (exact) mass is 517 g/mol. The molecule has 1 aliphatic rings. The molecule has 0 fully saturated rings. The van der Waals surface area contributed by atoms with Crippen LogP contribution in [0.1, 0.15) is 30.9 Å². The number of rotatable bonds is 8. The molecule has 0 bridgehead atoms. The van der Waals surface area contributed by atoms with Gasteiger partial charge in [0.1, 0.15) is 6.04 Å². The summed E-state index contributed by atoms with van der Waals surface area (Å²) in [5.74, 6) is -0.390. The maximum atomic E-state index is 13.5. The largest absolute Gasteiger partial charge is 0.493 e. The van der Waals surface area contributed by atoms with Gasteiger partial charge in [0.05, 0.1) is 39.4 Å². The maximum Gasteiger partial charge on any atom is 0.261 e. The van der Waals surface area contributed by atoms with Crippen LogP contribution < -0.4 is 30.0 Å². The van der Waals surface area contributed by atoms with E-state index in [9.17, 15) is 14.4 Å². The zero-order valence-corrected chi connectivity index (χ0v) is 22.0. The normalized spacial score (nSPS) is 14.9. The Morgan fingerprint density at radius 3 is 2.16 bits per heavy atom. The molecule has 4 rings (SSSR count). The second kappa shape index (κ2) is 11.2. The predicted octanol–water partition coefficient (Wildman–Crippen LogP) is 3.61. The van der Waals surface area contributed by atoms with E-state index in [1.807, 2.05) is 49.4 Å². The van der Waals surface area contributed by atoms with E-state index in [-0.39, 0.29) is 18.2 Å². The number of benzene rings is 3. The Morgan fingerprint density at radius 1 is 0.921 bits per heavy atom. The molecule has 0 radical (unpaired) electrons. The minimum atomic E-state index is -0.912. The third-order valence-corrected chi connectivity index (χ3v) is 6.54. The first-order chi connectivity index (χ1) is 18.3. The van der Waals surface area contributed by atoms with Gasteiger partial charge in [-0.3, -0.25) is 19.8 Å². The molecule has 198 valence electrons. The summed E-state index contributed by atoms with van der Waals surface area (Å²) in [7, 11) is 4.49. The molecule has 3 aromatic carbocycles. The maximum absolute atomic E-state index is 13.5. The van der Waals surface area contributed by atoms with E-state index in [1.54, 1.807) is 25.1 Å². The summed E-state index contributed by atoms with van der Waals surface area (Å²) in [6, 6.07) is 17.6. The molecule has 0 aliphatic carbocycles. The van der Waals surface area contributed by atoms with Crippen molar-refractivity contribution in [3.8, 4) is 28.4 Å². The lowest BCUT2D eigenvalue weighted by Crippen LogP contribution is -2.54. The Morgan fingerprint density at radius 2 is 1.53 bits per heavy atom. The fraction of sp³-hybridized carbons (Fsp3) is 0.276. The number of nitrogens with one attached hydrogen (secondary N) is 2. The van der Waals surface area contributed by atoms with Crippen molar-refractivity contribution in [1.82, 2.24) is 10.7 Å². The smallest absolute Gasteiger partial charge is 0.261 e. The number of carbonyl (C=O) groups excluding carboxylic acids is 3. The van der Waals surface area contributed by atoms with Crippen LogP contribution in [0.15, 0.2) is 60.7 Å². The molecule has 3 aromatic rings. The molecular weight excluding hydrogens is 486 g/mol. The zero-order chi connectivity index (χ0) is 27.4. The fourth-order valence-electron chi connectivity index (χ4n) is 4.56. The molecule has 38 heavy (non-hydrogen) atoms. The van der Waals surface area contributed by atoms with Crippen molar-refractivity contribution in [3.63, 3.8) is 0 Å². The Hall–Kier alpha value is -4.53. The Bertz CT molecular complexity index is 1350. The van der Waals surface area contributed by atoms with Crippen molar-refractivity contribution < 1.29 is 28.6 Å². The quantitative estimate of drug-likeness (QED) is 0.473. The van der Waals surface area contributed by atoms with Gasteiger partial charge in [-0.15, -0.1) is 0 Å². The van der Waals surface area contributed by atoms with Crippen molar-refractivity contribution in [2.75, 3.05) is 26.3 Å². The highest BCUT2D eigenvalue weighted by Crippen LogP contribution is 2.40. The van der Waals surface area contributed by atoms with Crippen LogP contribution in [0.5, 0.6) is 17.2 Å². The van der Waals surface area contributed by atoms with Gasteiger partial charge < -0.3 is 19.5 Å². The molecule has 9 nitrogen and oxygen atoms in total. The Kier molecular flexibility index (Phi) is 7.85. The molecule has 1 aliphatic heterocycles. The summed E-state index contributed by atoms with van der Waals surface area (Å²) in [5, 5.41) is 3.98. The SMILES string of the molecule is COc1cc(CC(=O)N[C@@H](C)C(=O)NN2C(=O)C(C)c3ccccc3-c3ccccc32)cc(OC)c1OC. The molecular formula is C29H31N3O6. The van der Waals surface area contributed by atoms with Crippen LogP contribution >= 0.6 is 0 Å². The number of ether oxygens (including phenoxy) is 3. The summed E-state index contributed by atoms with van der Waals surface area (Å²) in [6.45, 7) is 3.38. The van der Waals surface area contributed by atoms with Crippen molar-refractivity contribution >= 4 is 23.4 Å². The predicted molar refractivity (Wildman–Crippen MR) is 143 cm³/mol. The summed E-state index contributed by atoms with van der Waals surface area (Å²) < 4.78 is 16.0. The lowest BCUT2D eigenvalue weighted by molar-refractivity contribution is -0.130. The molecule has 0 saturated heterocycles. The highest BCUT2D eigenvalue weighted by atomic mass is 16.5. The van der Waals surface area contributed by atoms with Crippen molar-refractivity contribution in [1.29, 1.82) is 0 Å². The second-order valence-corrected chi connectivity index (χ2v) is 8.98. The lowest BCUT2D eigenvalue weighted by atomic mass is 9.92. The molecule has 0 saturated carbocycles. The van der Waals surface area contributed by atoms with Gasteiger partial charge in [0.25, 0.3) is 11.8 Å². The van der Waals surface area contributed by atoms with E-state index in [2.05, 4.69) is 10.7 Å². The second-order valence-electron chi connectivity index (χ2n) is 8.98. The third-order valence-electron chi connectivity index (χ3n) is 6.54. The van der Waals surface area contributed by atoms with Crippen LogP contribution in [0.2, 0.25) is 0 Å². The number of hydrogen-bond donors (Lipinski definition) is 2. The van der Waals surface area contributed by atoms with Crippen LogP contribution in [-0.2, 0) is 20.8 Å².